The first-order valence-electron chi connectivity index (χ1n) is 8.71. The summed E-state index contributed by atoms with van der Waals surface area (Å²) in [6, 6.07) is 2.60. The van der Waals surface area contributed by atoms with Gasteiger partial charge in [0.1, 0.15) is 0 Å². The molecule has 0 aromatic rings. The average molecular weight is 306 g/mol. The van der Waals surface area contributed by atoms with Crippen LogP contribution in [0.25, 0.3) is 0 Å². The summed E-state index contributed by atoms with van der Waals surface area (Å²) in [5, 5.41) is 26.2. The Morgan fingerprint density at radius 3 is 2.82 bits per heavy atom. The Morgan fingerprint density at radius 2 is 2.14 bits per heavy atom. The minimum absolute atomic E-state index is 0.0831. The second kappa shape index (κ2) is 7.82. The largest absolute Gasteiger partial charge is 0.392 e. The van der Waals surface area contributed by atoms with E-state index in [9.17, 15) is 10.4 Å². The summed E-state index contributed by atoms with van der Waals surface area (Å²) in [6.07, 6.45) is 7.05. The van der Waals surface area contributed by atoms with E-state index in [0.29, 0.717) is 6.54 Å². The van der Waals surface area contributed by atoms with Crippen LogP contribution >= 0.6 is 0 Å². The number of nitrogens with zero attached hydrogens (tertiary/aromatic N) is 2. The fraction of sp³-hybridized carbons (Fsp3) is 0.882. The minimum atomic E-state index is -0.258. The van der Waals surface area contributed by atoms with Crippen LogP contribution in [0.3, 0.4) is 0 Å². The van der Waals surface area contributed by atoms with E-state index in [0.717, 1.165) is 51.0 Å². The molecule has 0 heterocycles. The van der Waals surface area contributed by atoms with Crippen molar-refractivity contribution >= 4 is 5.96 Å². The Hall–Kier alpha value is -1.28. The standard InChI is InChI=1S/C17H30N4O/c1-3-19-16(21-14-8-6-7-13(14)11-18)20-12-17(2)10-5-4-9-15(17)22/h13-15,22H,3-10,12H2,1-2H3,(H2,19,20,21). The maximum Gasteiger partial charge on any atom is 0.191 e. The van der Waals surface area contributed by atoms with E-state index in [2.05, 4.69) is 23.6 Å². The van der Waals surface area contributed by atoms with Crippen LogP contribution in [-0.4, -0.2) is 36.3 Å². The topological polar surface area (TPSA) is 80.4 Å². The van der Waals surface area contributed by atoms with Gasteiger partial charge < -0.3 is 15.7 Å². The number of nitriles is 1. The van der Waals surface area contributed by atoms with Crippen LogP contribution in [0, 0.1) is 22.7 Å². The minimum Gasteiger partial charge on any atom is -0.392 e. The van der Waals surface area contributed by atoms with E-state index < -0.39 is 0 Å². The van der Waals surface area contributed by atoms with Gasteiger partial charge in [0, 0.05) is 18.0 Å². The van der Waals surface area contributed by atoms with E-state index in [1.807, 2.05) is 6.92 Å². The molecule has 0 amide bonds. The number of nitrogens with one attached hydrogen (secondary N) is 2. The third kappa shape index (κ3) is 4.13. The van der Waals surface area contributed by atoms with Crippen molar-refractivity contribution in [2.45, 2.75) is 70.9 Å². The first kappa shape index (κ1) is 17.1. The van der Waals surface area contributed by atoms with Gasteiger partial charge in [-0.25, -0.2) is 0 Å². The maximum atomic E-state index is 10.3. The van der Waals surface area contributed by atoms with E-state index in [1.54, 1.807) is 0 Å². The van der Waals surface area contributed by atoms with Crippen molar-refractivity contribution in [1.29, 1.82) is 5.26 Å². The molecule has 0 aliphatic heterocycles. The summed E-state index contributed by atoms with van der Waals surface area (Å²) in [7, 11) is 0. The number of guanidine groups is 1. The molecule has 4 atom stereocenters. The Kier molecular flexibility index (Phi) is 6.07. The number of aliphatic imine (C=N–C) groups is 1. The SMILES string of the molecule is CCNC(=NCC1(C)CCCCC1O)NC1CCCC1C#N. The molecule has 5 heteroatoms. The number of hydrogen-bond donors (Lipinski definition) is 3. The second-order valence-corrected chi connectivity index (χ2v) is 7.03. The Balaban J connectivity index is 1.99. The van der Waals surface area contributed by atoms with Crippen LogP contribution in [0.15, 0.2) is 4.99 Å². The van der Waals surface area contributed by atoms with Crippen molar-refractivity contribution < 1.29 is 5.11 Å². The van der Waals surface area contributed by atoms with Crippen LogP contribution in [0.5, 0.6) is 0 Å². The summed E-state index contributed by atoms with van der Waals surface area (Å²) < 4.78 is 0. The number of hydrogen-bond acceptors (Lipinski definition) is 3. The van der Waals surface area contributed by atoms with Gasteiger partial charge in [0.15, 0.2) is 5.96 Å². The lowest BCUT2D eigenvalue weighted by atomic mass is 9.73. The second-order valence-electron chi connectivity index (χ2n) is 7.03. The summed E-state index contributed by atoms with van der Waals surface area (Å²) >= 11 is 0. The molecular formula is C17H30N4O. The zero-order chi connectivity index (χ0) is 16.0. The molecule has 2 fully saturated rings. The van der Waals surface area contributed by atoms with Crippen LogP contribution in [0.2, 0.25) is 0 Å². The molecule has 5 nitrogen and oxygen atoms in total. The van der Waals surface area contributed by atoms with Gasteiger partial charge in [-0.15, -0.1) is 0 Å². The Morgan fingerprint density at radius 1 is 1.32 bits per heavy atom. The third-order valence-corrected chi connectivity index (χ3v) is 5.23. The number of aliphatic hydroxyl groups is 1. The monoisotopic (exact) mass is 306 g/mol. The maximum absolute atomic E-state index is 10.3. The third-order valence-electron chi connectivity index (χ3n) is 5.23. The molecule has 3 N–H and O–H groups in total. The highest BCUT2D eigenvalue weighted by atomic mass is 16.3. The Labute approximate surface area is 134 Å². The van der Waals surface area contributed by atoms with Crippen molar-refractivity contribution in [1.82, 2.24) is 10.6 Å². The molecular weight excluding hydrogens is 276 g/mol. The van der Waals surface area contributed by atoms with Crippen LogP contribution in [0.4, 0.5) is 0 Å². The zero-order valence-electron chi connectivity index (χ0n) is 13.9. The fourth-order valence-corrected chi connectivity index (χ4v) is 3.61. The summed E-state index contributed by atoms with van der Waals surface area (Å²) in [4.78, 5) is 4.72. The van der Waals surface area contributed by atoms with Gasteiger partial charge in [-0.3, -0.25) is 4.99 Å². The van der Waals surface area contributed by atoms with Gasteiger partial charge in [-0.2, -0.15) is 5.26 Å². The van der Waals surface area contributed by atoms with Gasteiger partial charge in [-0.05, 0) is 39.0 Å². The Bertz CT molecular complexity index is 431. The molecule has 0 saturated heterocycles. The molecule has 2 rings (SSSR count). The average Bonchev–Trinajstić information content (AvgIpc) is 2.95. The molecule has 124 valence electrons. The zero-order valence-corrected chi connectivity index (χ0v) is 13.9. The molecule has 0 aromatic carbocycles. The van der Waals surface area contributed by atoms with Crippen molar-refractivity contribution in [3.8, 4) is 6.07 Å². The van der Waals surface area contributed by atoms with Crippen molar-refractivity contribution in [3.05, 3.63) is 0 Å². The van der Waals surface area contributed by atoms with Crippen LogP contribution < -0.4 is 10.6 Å². The molecule has 2 saturated carbocycles. The van der Waals surface area contributed by atoms with Crippen molar-refractivity contribution in [2.75, 3.05) is 13.1 Å². The number of aliphatic hydroxyl groups excluding tert-OH is 1. The summed E-state index contributed by atoms with van der Waals surface area (Å²) in [6.45, 7) is 5.62. The van der Waals surface area contributed by atoms with Gasteiger partial charge in [0.05, 0.1) is 24.6 Å². The van der Waals surface area contributed by atoms with Crippen molar-refractivity contribution in [3.63, 3.8) is 0 Å². The fourth-order valence-electron chi connectivity index (χ4n) is 3.61. The normalized spacial score (nSPS) is 35.9. The molecule has 4 unspecified atom stereocenters. The summed E-state index contributed by atoms with van der Waals surface area (Å²) in [5.41, 5.74) is -0.120. The van der Waals surface area contributed by atoms with Gasteiger partial charge >= 0.3 is 0 Å². The quantitative estimate of drug-likeness (QED) is 0.549. The predicted octanol–water partition coefficient (Wildman–Crippen LogP) is 2.17. The van der Waals surface area contributed by atoms with Crippen molar-refractivity contribution in [2.24, 2.45) is 16.3 Å². The first-order valence-corrected chi connectivity index (χ1v) is 8.71. The van der Waals surface area contributed by atoms with E-state index in [1.165, 1.54) is 6.42 Å². The molecule has 0 bridgehead atoms. The first-order chi connectivity index (χ1) is 10.6. The van der Waals surface area contributed by atoms with Crippen LogP contribution in [-0.2, 0) is 0 Å². The smallest absolute Gasteiger partial charge is 0.191 e. The molecule has 2 aliphatic rings. The molecule has 2 aliphatic carbocycles. The van der Waals surface area contributed by atoms with Gasteiger partial charge in [0.25, 0.3) is 0 Å². The highest BCUT2D eigenvalue weighted by molar-refractivity contribution is 5.80. The van der Waals surface area contributed by atoms with Gasteiger partial charge in [0.2, 0.25) is 0 Å². The lowest BCUT2D eigenvalue weighted by Crippen LogP contribution is -2.46. The molecule has 0 spiro atoms. The lowest BCUT2D eigenvalue weighted by Gasteiger charge is -2.37. The molecule has 22 heavy (non-hydrogen) atoms. The number of rotatable bonds is 4. The summed E-state index contributed by atoms with van der Waals surface area (Å²) in [5.74, 6) is 0.869. The predicted molar refractivity (Wildman–Crippen MR) is 88.4 cm³/mol. The van der Waals surface area contributed by atoms with E-state index >= 15 is 0 Å². The van der Waals surface area contributed by atoms with Gasteiger partial charge in [-0.1, -0.05) is 19.8 Å². The highest BCUT2D eigenvalue weighted by Crippen LogP contribution is 2.36. The molecule has 0 radical (unpaired) electrons. The van der Waals surface area contributed by atoms with E-state index in [-0.39, 0.29) is 23.5 Å². The molecule has 0 aromatic heterocycles. The highest BCUT2D eigenvalue weighted by Gasteiger charge is 2.35. The lowest BCUT2D eigenvalue weighted by molar-refractivity contribution is 0.00715. The van der Waals surface area contributed by atoms with Crippen LogP contribution in [0.1, 0.15) is 58.8 Å². The van der Waals surface area contributed by atoms with E-state index in [4.69, 9.17) is 4.99 Å².